The van der Waals surface area contributed by atoms with E-state index in [1.807, 2.05) is 20.8 Å². The van der Waals surface area contributed by atoms with Gasteiger partial charge in [-0.05, 0) is 19.1 Å². The largest absolute Gasteiger partial charge is 0.459 e. The molecule has 0 radical (unpaired) electrons. The van der Waals surface area contributed by atoms with Crippen LogP contribution in [0.1, 0.15) is 31.3 Å². The Morgan fingerprint density at radius 2 is 1.88 bits per heavy atom. The number of hydrogen-bond acceptors (Lipinski definition) is 4. The standard InChI is InChI=1S/C18H29N5O3/c1-4-19-18(21-8-7-20-16(24)14(2)3)23-11-9-22(10-12-23)17(25)15-6-5-13-26-15/h5-6,13-14H,4,7-12H2,1-3H3,(H,19,21)(H,20,24). The first-order chi connectivity index (χ1) is 12.5. The third kappa shape index (κ3) is 5.50. The van der Waals surface area contributed by atoms with Crippen molar-refractivity contribution in [2.24, 2.45) is 10.9 Å². The monoisotopic (exact) mass is 363 g/mol. The molecule has 8 nitrogen and oxygen atoms in total. The van der Waals surface area contributed by atoms with E-state index in [9.17, 15) is 9.59 Å². The highest BCUT2D eigenvalue weighted by Gasteiger charge is 2.25. The Bertz CT molecular complexity index is 604. The van der Waals surface area contributed by atoms with Crippen LogP contribution in [0.2, 0.25) is 0 Å². The van der Waals surface area contributed by atoms with E-state index in [1.165, 1.54) is 6.26 Å². The summed E-state index contributed by atoms with van der Waals surface area (Å²) in [5, 5.41) is 6.14. The molecule has 2 amide bonds. The molecule has 2 heterocycles. The second kappa shape index (κ2) is 9.84. The summed E-state index contributed by atoms with van der Waals surface area (Å²) in [7, 11) is 0. The lowest BCUT2D eigenvalue weighted by molar-refractivity contribution is -0.123. The molecule has 8 heteroatoms. The van der Waals surface area contributed by atoms with E-state index in [0.29, 0.717) is 45.0 Å². The Morgan fingerprint density at radius 1 is 1.19 bits per heavy atom. The van der Waals surface area contributed by atoms with Crippen molar-refractivity contribution in [2.45, 2.75) is 20.8 Å². The number of furan rings is 1. The first-order valence-corrected chi connectivity index (χ1v) is 9.16. The summed E-state index contributed by atoms with van der Waals surface area (Å²) in [4.78, 5) is 32.4. The quantitative estimate of drug-likeness (QED) is 0.443. The number of carbonyl (C=O) groups excluding carboxylic acids is 2. The molecule has 2 N–H and O–H groups in total. The predicted molar refractivity (Wildman–Crippen MR) is 100 cm³/mol. The summed E-state index contributed by atoms with van der Waals surface area (Å²) in [6.45, 7) is 10.2. The van der Waals surface area contributed by atoms with Gasteiger partial charge in [-0.15, -0.1) is 0 Å². The summed E-state index contributed by atoms with van der Waals surface area (Å²) >= 11 is 0. The number of piperazine rings is 1. The molecule has 0 spiro atoms. The summed E-state index contributed by atoms with van der Waals surface area (Å²) in [5.41, 5.74) is 0. The molecule has 26 heavy (non-hydrogen) atoms. The Labute approximate surface area is 154 Å². The van der Waals surface area contributed by atoms with Crippen molar-refractivity contribution in [3.63, 3.8) is 0 Å². The Balaban J connectivity index is 1.84. The molecule has 1 fully saturated rings. The van der Waals surface area contributed by atoms with Crippen LogP contribution in [0.25, 0.3) is 0 Å². The van der Waals surface area contributed by atoms with Crippen molar-refractivity contribution in [1.29, 1.82) is 0 Å². The minimum Gasteiger partial charge on any atom is -0.459 e. The van der Waals surface area contributed by atoms with Crippen molar-refractivity contribution >= 4 is 17.8 Å². The molecule has 0 aliphatic carbocycles. The van der Waals surface area contributed by atoms with Crippen molar-refractivity contribution in [3.8, 4) is 0 Å². The second-order valence-electron chi connectivity index (χ2n) is 6.44. The van der Waals surface area contributed by atoms with Crippen LogP contribution in [-0.2, 0) is 4.79 Å². The van der Waals surface area contributed by atoms with Crippen LogP contribution in [0, 0.1) is 5.92 Å². The maximum Gasteiger partial charge on any atom is 0.289 e. The van der Waals surface area contributed by atoms with Crippen LogP contribution in [0.3, 0.4) is 0 Å². The predicted octanol–water partition coefficient (Wildman–Crippen LogP) is 0.775. The molecular weight excluding hydrogens is 334 g/mol. The zero-order valence-electron chi connectivity index (χ0n) is 15.8. The SMILES string of the molecule is CCNC(=NCCNC(=O)C(C)C)N1CCN(C(=O)c2ccco2)CC1. The first kappa shape index (κ1) is 19.8. The van der Waals surface area contributed by atoms with Gasteiger partial charge >= 0.3 is 0 Å². The highest BCUT2D eigenvalue weighted by molar-refractivity contribution is 5.91. The van der Waals surface area contributed by atoms with Gasteiger partial charge in [-0.2, -0.15) is 0 Å². The average Bonchev–Trinajstić information content (AvgIpc) is 3.18. The Morgan fingerprint density at radius 3 is 2.46 bits per heavy atom. The van der Waals surface area contributed by atoms with E-state index < -0.39 is 0 Å². The van der Waals surface area contributed by atoms with E-state index in [2.05, 4.69) is 20.5 Å². The summed E-state index contributed by atoms with van der Waals surface area (Å²) in [6.07, 6.45) is 1.51. The normalized spacial score (nSPS) is 15.3. The third-order valence-electron chi connectivity index (χ3n) is 4.13. The lowest BCUT2D eigenvalue weighted by Gasteiger charge is -2.36. The van der Waals surface area contributed by atoms with Crippen molar-refractivity contribution in [1.82, 2.24) is 20.4 Å². The number of nitrogens with zero attached hydrogens (tertiary/aromatic N) is 3. The highest BCUT2D eigenvalue weighted by atomic mass is 16.3. The van der Waals surface area contributed by atoms with Gasteiger partial charge in [0.1, 0.15) is 0 Å². The zero-order valence-corrected chi connectivity index (χ0v) is 15.8. The average molecular weight is 363 g/mol. The molecule has 1 saturated heterocycles. The molecule has 0 saturated carbocycles. The lowest BCUT2D eigenvalue weighted by Crippen LogP contribution is -2.53. The van der Waals surface area contributed by atoms with Crippen LogP contribution in [0.4, 0.5) is 0 Å². The van der Waals surface area contributed by atoms with Crippen LogP contribution in [-0.4, -0.2) is 73.4 Å². The fourth-order valence-corrected chi connectivity index (χ4v) is 2.65. The number of hydrogen-bond donors (Lipinski definition) is 2. The van der Waals surface area contributed by atoms with Gasteiger partial charge in [0.2, 0.25) is 5.91 Å². The van der Waals surface area contributed by atoms with Gasteiger partial charge in [-0.3, -0.25) is 14.6 Å². The number of rotatable bonds is 6. The molecule has 0 bridgehead atoms. The molecule has 2 rings (SSSR count). The number of guanidine groups is 1. The molecule has 1 aromatic rings. The number of aliphatic imine (C=N–C) groups is 1. The topological polar surface area (TPSA) is 90.2 Å². The van der Waals surface area contributed by atoms with Gasteiger partial charge < -0.3 is 24.9 Å². The minimum absolute atomic E-state index is 0.0213. The Kier molecular flexibility index (Phi) is 7.50. The number of nitrogens with one attached hydrogen (secondary N) is 2. The summed E-state index contributed by atoms with van der Waals surface area (Å²) in [5.74, 6) is 1.13. The van der Waals surface area contributed by atoms with Gasteiger partial charge in [0.25, 0.3) is 5.91 Å². The first-order valence-electron chi connectivity index (χ1n) is 9.16. The van der Waals surface area contributed by atoms with Gasteiger partial charge in [0, 0.05) is 45.2 Å². The van der Waals surface area contributed by atoms with E-state index >= 15 is 0 Å². The molecule has 144 valence electrons. The second-order valence-corrected chi connectivity index (χ2v) is 6.44. The van der Waals surface area contributed by atoms with Gasteiger partial charge in [-0.25, -0.2) is 0 Å². The molecule has 0 unspecified atom stereocenters. The van der Waals surface area contributed by atoms with Gasteiger partial charge in [-0.1, -0.05) is 13.8 Å². The van der Waals surface area contributed by atoms with E-state index in [-0.39, 0.29) is 17.7 Å². The van der Waals surface area contributed by atoms with E-state index in [4.69, 9.17) is 4.42 Å². The van der Waals surface area contributed by atoms with E-state index in [1.54, 1.807) is 17.0 Å². The smallest absolute Gasteiger partial charge is 0.289 e. The maximum atomic E-state index is 12.3. The van der Waals surface area contributed by atoms with Crippen molar-refractivity contribution in [3.05, 3.63) is 24.2 Å². The molecule has 1 aliphatic rings. The minimum atomic E-state index is -0.0759. The van der Waals surface area contributed by atoms with Crippen LogP contribution >= 0.6 is 0 Å². The summed E-state index contributed by atoms with van der Waals surface area (Å²) < 4.78 is 5.19. The molecule has 0 aromatic carbocycles. The third-order valence-corrected chi connectivity index (χ3v) is 4.13. The van der Waals surface area contributed by atoms with Crippen LogP contribution < -0.4 is 10.6 Å². The Hall–Kier alpha value is -2.51. The fourth-order valence-electron chi connectivity index (χ4n) is 2.65. The van der Waals surface area contributed by atoms with Crippen molar-refractivity contribution in [2.75, 3.05) is 45.8 Å². The fraction of sp³-hybridized carbons (Fsp3) is 0.611. The molecule has 1 aliphatic heterocycles. The molecular formula is C18H29N5O3. The maximum absolute atomic E-state index is 12.3. The van der Waals surface area contributed by atoms with Gasteiger partial charge in [0.15, 0.2) is 11.7 Å². The lowest BCUT2D eigenvalue weighted by atomic mass is 10.2. The highest BCUT2D eigenvalue weighted by Crippen LogP contribution is 2.09. The number of carbonyl (C=O) groups is 2. The molecule has 1 aromatic heterocycles. The summed E-state index contributed by atoms with van der Waals surface area (Å²) in [6, 6.07) is 3.41. The number of amides is 2. The molecule has 0 atom stereocenters. The van der Waals surface area contributed by atoms with Crippen LogP contribution in [0.15, 0.2) is 27.8 Å². The van der Waals surface area contributed by atoms with E-state index in [0.717, 1.165) is 12.5 Å². The van der Waals surface area contributed by atoms with Crippen molar-refractivity contribution < 1.29 is 14.0 Å². The van der Waals surface area contributed by atoms with Crippen LogP contribution in [0.5, 0.6) is 0 Å². The van der Waals surface area contributed by atoms with Gasteiger partial charge in [0.05, 0.1) is 12.8 Å². The zero-order chi connectivity index (χ0) is 18.9.